The van der Waals surface area contributed by atoms with E-state index < -0.39 is 5.82 Å². The molecule has 0 spiro atoms. The molecule has 0 unspecified atom stereocenters. The molecule has 0 radical (unpaired) electrons. The van der Waals surface area contributed by atoms with Crippen molar-refractivity contribution in [3.8, 4) is 0 Å². The summed E-state index contributed by atoms with van der Waals surface area (Å²) >= 11 is 0. The number of carbonyl (C=O) groups is 1. The predicted molar refractivity (Wildman–Crippen MR) is 62.0 cm³/mol. The van der Waals surface area contributed by atoms with Gasteiger partial charge in [0.05, 0.1) is 5.69 Å². The third kappa shape index (κ3) is 2.69. The fraction of sp³-hybridized carbons (Fsp3) is 0.167. The number of anilines is 1. The molecule has 0 bridgehead atoms. The second kappa shape index (κ2) is 4.78. The maximum Gasteiger partial charge on any atom is 0.246 e. The highest BCUT2D eigenvalue weighted by molar-refractivity contribution is 5.90. The molecule has 88 valence electrons. The highest BCUT2D eigenvalue weighted by Gasteiger charge is 2.08. The smallest absolute Gasteiger partial charge is 0.246 e. The van der Waals surface area contributed by atoms with E-state index in [0.717, 1.165) is 5.69 Å². The first-order chi connectivity index (χ1) is 8.16. The number of para-hydroxylation sites is 1. The Bertz CT molecular complexity index is 536. The number of hydrogen-bond donors (Lipinski definition) is 1. The van der Waals surface area contributed by atoms with Crippen LogP contribution in [-0.2, 0) is 11.3 Å². The molecule has 1 heterocycles. The predicted octanol–water partition coefficient (Wildman–Crippen LogP) is 1.97. The van der Waals surface area contributed by atoms with Crippen LogP contribution in [0.3, 0.4) is 0 Å². The fourth-order valence-corrected chi connectivity index (χ4v) is 1.45. The molecular weight excluding hydrogens is 221 g/mol. The monoisotopic (exact) mass is 233 g/mol. The Balaban J connectivity index is 2.03. The van der Waals surface area contributed by atoms with Crippen molar-refractivity contribution in [3.63, 3.8) is 0 Å². The van der Waals surface area contributed by atoms with Gasteiger partial charge in [0.25, 0.3) is 0 Å². The van der Waals surface area contributed by atoms with E-state index in [1.807, 2.05) is 6.92 Å². The number of carbonyl (C=O) groups excluding carboxylic acids is 1. The van der Waals surface area contributed by atoms with Crippen LogP contribution < -0.4 is 5.32 Å². The van der Waals surface area contributed by atoms with E-state index in [2.05, 4.69) is 10.4 Å². The van der Waals surface area contributed by atoms with Gasteiger partial charge < -0.3 is 5.32 Å². The number of nitrogens with zero attached hydrogens (tertiary/aromatic N) is 2. The summed E-state index contributed by atoms with van der Waals surface area (Å²) in [6.07, 6.45) is 1.62. The average Bonchev–Trinajstić information content (AvgIpc) is 2.68. The van der Waals surface area contributed by atoms with Gasteiger partial charge in [0.1, 0.15) is 12.4 Å². The molecule has 1 aromatic carbocycles. The van der Waals surface area contributed by atoms with Gasteiger partial charge in [0, 0.05) is 11.9 Å². The minimum Gasteiger partial charge on any atom is -0.322 e. The Kier molecular flexibility index (Phi) is 3.18. The van der Waals surface area contributed by atoms with Gasteiger partial charge in [-0.3, -0.25) is 9.48 Å². The van der Waals surface area contributed by atoms with E-state index in [-0.39, 0.29) is 18.1 Å². The molecule has 2 aromatic rings. The highest BCUT2D eigenvalue weighted by Crippen LogP contribution is 2.12. The lowest BCUT2D eigenvalue weighted by molar-refractivity contribution is -0.117. The molecule has 2 rings (SSSR count). The van der Waals surface area contributed by atoms with E-state index in [1.54, 1.807) is 29.1 Å². The normalized spacial score (nSPS) is 10.2. The second-order valence-electron chi connectivity index (χ2n) is 3.66. The van der Waals surface area contributed by atoms with Crippen LogP contribution in [0.4, 0.5) is 10.1 Å². The molecule has 0 atom stereocenters. The summed E-state index contributed by atoms with van der Waals surface area (Å²) in [6, 6.07) is 7.86. The van der Waals surface area contributed by atoms with Crippen molar-refractivity contribution in [2.45, 2.75) is 13.5 Å². The number of halogens is 1. The summed E-state index contributed by atoms with van der Waals surface area (Å²) in [5.74, 6) is -0.750. The number of rotatable bonds is 3. The topological polar surface area (TPSA) is 46.9 Å². The molecule has 1 aromatic heterocycles. The molecule has 0 aliphatic carbocycles. The molecule has 0 saturated carbocycles. The second-order valence-corrected chi connectivity index (χ2v) is 3.66. The first kappa shape index (κ1) is 11.3. The minimum atomic E-state index is -0.446. The number of hydrogen-bond acceptors (Lipinski definition) is 2. The molecule has 1 N–H and O–H groups in total. The van der Waals surface area contributed by atoms with E-state index in [1.165, 1.54) is 12.1 Å². The van der Waals surface area contributed by atoms with E-state index >= 15 is 0 Å². The largest absolute Gasteiger partial charge is 0.322 e. The van der Waals surface area contributed by atoms with E-state index in [0.29, 0.717) is 0 Å². The van der Waals surface area contributed by atoms with E-state index in [9.17, 15) is 9.18 Å². The van der Waals surface area contributed by atoms with Crippen LogP contribution in [0.15, 0.2) is 36.5 Å². The summed E-state index contributed by atoms with van der Waals surface area (Å²) < 4.78 is 14.8. The van der Waals surface area contributed by atoms with Gasteiger partial charge in [-0.2, -0.15) is 5.10 Å². The van der Waals surface area contributed by atoms with E-state index in [4.69, 9.17) is 0 Å². The fourth-order valence-electron chi connectivity index (χ4n) is 1.45. The van der Waals surface area contributed by atoms with Crippen molar-refractivity contribution >= 4 is 11.6 Å². The Labute approximate surface area is 98.1 Å². The molecule has 1 amide bonds. The van der Waals surface area contributed by atoms with Crippen LogP contribution in [0.2, 0.25) is 0 Å². The van der Waals surface area contributed by atoms with Crippen LogP contribution in [0.5, 0.6) is 0 Å². The molecule has 0 aliphatic heterocycles. The third-order valence-corrected chi connectivity index (χ3v) is 2.37. The lowest BCUT2D eigenvalue weighted by Gasteiger charge is -2.07. The van der Waals surface area contributed by atoms with Crippen molar-refractivity contribution in [2.75, 3.05) is 5.32 Å². The molecule has 0 aliphatic rings. The van der Waals surface area contributed by atoms with Crippen LogP contribution >= 0.6 is 0 Å². The quantitative estimate of drug-likeness (QED) is 0.881. The first-order valence-corrected chi connectivity index (χ1v) is 5.19. The van der Waals surface area contributed by atoms with Crippen LogP contribution in [0.1, 0.15) is 5.69 Å². The zero-order valence-corrected chi connectivity index (χ0v) is 9.35. The molecule has 0 fully saturated rings. The first-order valence-electron chi connectivity index (χ1n) is 5.19. The average molecular weight is 233 g/mol. The molecule has 0 saturated heterocycles. The third-order valence-electron chi connectivity index (χ3n) is 2.37. The van der Waals surface area contributed by atoms with Crippen molar-refractivity contribution in [2.24, 2.45) is 0 Å². The maximum atomic E-state index is 13.3. The summed E-state index contributed by atoms with van der Waals surface area (Å²) in [7, 11) is 0. The SMILES string of the molecule is Cc1ccnn1CC(=O)Nc1ccccc1F. The number of nitrogens with one attached hydrogen (secondary N) is 1. The van der Waals surface area contributed by atoms with Crippen molar-refractivity contribution in [1.82, 2.24) is 9.78 Å². The lowest BCUT2D eigenvalue weighted by Crippen LogP contribution is -2.20. The van der Waals surface area contributed by atoms with Crippen molar-refractivity contribution in [1.29, 1.82) is 0 Å². The zero-order chi connectivity index (χ0) is 12.3. The van der Waals surface area contributed by atoms with Gasteiger partial charge in [0.15, 0.2) is 0 Å². The van der Waals surface area contributed by atoms with Crippen LogP contribution in [-0.4, -0.2) is 15.7 Å². The van der Waals surface area contributed by atoms with Gasteiger partial charge in [-0.05, 0) is 25.1 Å². The van der Waals surface area contributed by atoms with Crippen LogP contribution in [0.25, 0.3) is 0 Å². The zero-order valence-electron chi connectivity index (χ0n) is 9.35. The van der Waals surface area contributed by atoms with Gasteiger partial charge >= 0.3 is 0 Å². The van der Waals surface area contributed by atoms with Crippen molar-refractivity contribution in [3.05, 3.63) is 48.0 Å². The number of benzene rings is 1. The minimum absolute atomic E-state index is 0.0766. The Morgan fingerprint density at radius 2 is 2.18 bits per heavy atom. The van der Waals surface area contributed by atoms with Crippen LogP contribution in [0, 0.1) is 12.7 Å². The van der Waals surface area contributed by atoms with Gasteiger partial charge in [0.2, 0.25) is 5.91 Å². The Hall–Kier alpha value is -2.17. The summed E-state index contributed by atoms with van der Waals surface area (Å²) in [5, 5.41) is 6.48. The number of aryl methyl sites for hydroxylation is 1. The molecular formula is C12H12FN3O. The lowest BCUT2D eigenvalue weighted by atomic mass is 10.3. The number of aromatic nitrogens is 2. The molecule has 4 nitrogen and oxygen atoms in total. The van der Waals surface area contributed by atoms with Crippen molar-refractivity contribution < 1.29 is 9.18 Å². The maximum absolute atomic E-state index is 13.3. The number of amides is 1. The Morgan fingerprint density at radius 1 is 1.41 bits per heavy atom. The highest BCUT2D eigenvalue weighted by atomic mass is 19.1. The molecule has 17 heavy (non-hydrogen) atoms. The van der Waals surface area contributed by atoms with Gasteiger partial charge in [-0.1, -0.05) is 12.1 Å². The molecule has 5 heteroatoms. The van der Waals surface area contributed by atoms with Gasteiger partial charge in [-0.25, -0.2) is 4.39 Å². The summed E-state index contributed by atoms with van der Waals surface area (Å²) in [5.41, 5.74) is 1.07. The Morgan fingerprint density at radius 3 is 2.82 bits per heavy atom. The summed E-state index contributed by atoms with van der Waals surface area (Å²) in [4.78, 5) is 11.6. The van der Waals surface area contributed by atoms with Gasteiger partial charge in [-0.15, -0.1) is 0 Å². The standard InChI is InChI=1S/C12H12FN3O/c1-9-6-7-14-16(9)8-12(17)15-11-5-3-2-4-10(11)13/h2-7H,8H2,1H3,(H,15,17). The summed E-state index contributed by atoms with van der Waals surface area (Å²) in [6.45, 7) is 1.93.